The van der Waals surface area contributed by atoms with Gasteiger partial charge in [-0.05, 0) is 0 Å². The van der Waals surface area contributed by atoms with Crippen LogP contribution in [0, 0.1) is 11.3 Å². The molecule has 0 fully saturated rings. The first-order chi connectivity index (χ1) is 6.14. The summed E-state index contributed by atoms with van der Waals surface area (Å²) in [5.74, 6) is -0.551. The van der Waals surface area contributed by atoms with E-state index >= 15 is 0 Å². The summed E-state index contributed by atoms with van der Waals surface area (Å²) in [4.78, 5) is 0. The number of rotatable bonds is 4. The van der Waals surface area contributed by atoms with Gasteiger partial charge in [0.1, 0.15) is 6.26 Å². The van der Waals surface area contributed by atoms with E-state index in [1.807, 2.05) is 0 Å². The van der Waals surface area contributed by atoms with Crippen molar-refractivity contribution in [2.24, 2.45) is 0 Å². The molecule has 0 aromatic carbocycles. The normalized spacial score (nSPS) is 11.0. The maximum atomic E-state index is 10.9. The van der Waals surface area contributed by atoms with Gasteiger partial charge in [0.25, 0.3) is 0 Å². The third kappa shape index (κ3) is 3.23. The van der Waals surface area contributed by atoms with Crippen LogP contribution in [0.25, 0.3) is 0 Å². The highest BCUT2D eigenvalue weighted by Gasteiger charge is 2.09. The Bertz CT molecular complexity index is 389. The lowest BCUT2D eigenvalue weighted by Crippen LogP contribution is -2.25. The van der Waals surface area contributed by atoms with E-state index in [1.54, 1.807) is 6.07 Å². The summed E-state index contributed by atoms with van der Waals surface area (Å²) in [6.07, 6.45) is 1.34. The van der Waals surface area contributed by atoms with Gasteiger partial charge in [-0.1, -0.05) is 5.16 Å². The Morgan fingerprint density at radius 3 is 3.00 bits per heavy atom. The molecule has 0 aliphatic carbocycles. The first kappa shape index (κ1) is 9.70. The van der Waals surface area contributed by atoms with E-state index in [-0.39, 0.29) is 6.54 Å². The predicted octanol–water partition coefficient (Wildman–Crippen LogP) is -0.382. The van der Waals surface area contributed by atoms with Crippen molar-refractivity contribution >= 4 is 10.0 Å². The molecule has 0 unspecified atom stereocenters. The number of hydrogen-bond acceptors (Lipinski definition) is 5. The fraction of sp³-hybridized carbons (Fsp3) is 0.333. The summed E-state index contributed by atoms with van der Waals surface area (Å²) in [7, 11) is -3.50. The van der Waals surface area contributed by atoms with Crippen LogP contribution in [0.4, 0.5) is 0 Å². The Labute approximate surface area is 75.2 Å². The van der Waals surface area contributed by atoms with Crippen LogP contribution in [0.3, 0.4) is 0 Å². The quantitative estimate of drug-likeness (QED) is 0.716. The zero-order chi connectivity index (χ0) is 9.73. The van der Waals surface area contributed by atoms with Crippen LogP contribution in [-0.2, 0) is 16.6 Å². The molecular weight excluding hydrogens is 194 g/mol. The fourth-order valence-electron chi connectivity index (χ4n) is 0.649. The van der Waals surface area contributed by atoms with Crippen LogP contribution in [0.1, 0.15) is 5.69 Å². The number of nitrogens with zero attached hydrogens (tertiary/aromatic N) is 2. The monoisotopic (exact) mass is 201 g/mol. The number of sulfonamides is 1. The summed E-state index contributed by atoms with van der Waals surface area (Å²) in [5, 5.41) is 11.7. The van der Waals surface area contributed by atoms with Crippen molar-refractivity contribution in [2.45, 2.75) is 6.54 Å². The van der Waals surface area contributed by atoms with E-state index in [4.69, 9.17) is 5.26 Å². The summed E-state index contributed by atoms with van der Waals surface area (Å²) in [6.45, 7) is 0.0422. The SMILES string of the molecule is N#CCS(=O)(=O)NCc1ccon1. The highest BCUT2D eigenvalue weighted by atomic mass is 32.2. The second-order valence-corrected chi connectivity index (χ2v) is 4.04. The van der Waals surface area contributed by atoms with Gasteiger partial charge in [0.05, 0.1) is 18.3 Å². The Hall–Kier alpha value is -1.39. The smallest absolute Gasteiger partial charge is 0.225 e. The summed E-state index contributed by atoms with van der Waals surface area (Å²) in [5.41, 5.74) is 0.474. The van der Waals surface area contributed by atoms with E-state index in [1.165, 1.54) is 12.3 Å². The molecule has 0 spiro atoms. The molecule has 1 heterocycles. The molecule has 70 valence electrons. The number of nitrogens with one attached hydrogen (secondary N) is 1. The third-order valence-electron chi connectivity index (χ3n) is 1.22. The lowest BCUT2D eigenvalue weighted by Gasteiger charge is -1.98. The average Bonchev–Trinajstić information content (AvgIpc) is 2.52. The molecule has 0 saturated carbocycles. The molecule has 0 radical (unpaired) electrons. The average molecular weight is 201 g/mol. The third-order valence-corrected chi connectivity index (χ3v) is 2.31. The van der Waals surface area contributed by atoms with Gasteiger partial charge in [0.2, 0.25) is 10.0 Å². The molecule has 1 rings (SSSR count). The highest BCUT2D eigenvalue weighted by molar-refractivity contribution is 7.89. The van der Waals surface area contributed by atoms with Crippen molar-refractivity contribution in [3.8, 4) is 6.07 Å². The number of nitriles is 1. The number of hydrogen-bond donors (Lipinski definition) is 1. The lowest BCUT2D eigenvalue weighted by molar-refractivity contribution is 0.411. The zero-order valence-electron chi connectivity index (χ0n) is 6.60. The minimum atomic E-state index is -3.50. The Kier molecular flexibility index (Phi) is 3.00. The van der Waals surface area contributed by atoms with E-state index < -0.39 is 15.8 Å². The van der Waals surface area contributed by atoms with Gasteiger partial charge in [-0.3, -0.25) is 0 Å². The first-order valence-corrected chi connectivity index (χ1v) is 5.03. The summed E-state index contributed by atoms with van der Waals surface area (Å²) in [6, 6.07) is 3.08. The molecule has 1 aromatic heterocycles. The van der Waals surface area contributed by atoms with Gasteiger partial charge in [-0.2, -0.15) is 5.26 Å². The molecule has 0 aliphatic rings. The largest absolute Gasteiger partial charge is 0.364 e. The van der Waals surface area contributed by atoms with Gasteiger partial charge in [0, 0.05) is 6.07 Å². The second-order valence-electron chi connectivity index (χ2n) is 2.23. The minimum Gasteiger partial charge on any atom is -0.364 e. The van der Waals surface area contributed by atoms with Crippen LogP contribution < -0.4 is 4.72 Å². The van der Waals surface area contributed by atoms with Gasteiger partial charge in [0.15, 0.2) is 5.75 Å². The Balaban J connectivity index is 2.49. The molecule has 1 N–H and O–H groups in total. The van der Waals surface area contributed by atoms with Crippen molar-refractivity contribution in [2.75, 3.05) is 5.75 Å². The Morgan fingerprint density at radius 1 is 1.69 bits per heavy atom. The van der Waals surface area contributed by atoms with E-state index in [0.29, 0.717) is 5.69 Å². The maximum absolute atomic E-state index is 10.9. The van der Waals surface area contributed by atoms with Crippen molar-refractivity contribution in [3.05, 3.63) is 18.0 Å². The molecule has 0 saturated heterocycles. The van der Waals surface area contributed by atoms with E-state index in [0.717, 1.165) is 0 Å². The molecule has 1 aromatic rings. The predicted molar refractivity (Wildman–Crippen MR) is 42.7 cm³/mol. The van der Waals surface area contributed by atoms with Gasteiger partial charge < -0.3 is 4.52 Å². The van der Waals surface area contributed by atoms with Crippen molar-refractivity contribution < 1.29 is 12.9 Å². The van der Waals surface area contributed by atoms with Gasteiger partial charge >= 0.3 is 0 Å². The standard InChI is InChI=1S/C6H7N3O3S/c7-2-4-13(10,11)8-5-6-1-3-12-9-6/h1,3,8H,4-5H2. The van der Waals surface area contributed by atoms with Crippen molar-refractivity contribution in [1.82, 2.24) is 9.88 Å². The molecule has 0 aliphatic heterocycles. The van der Waals surface area contributed by atoms with Crippen LogP contribution >= 0.6 is 0 Å². The molecule has 0 atom stereocenters. The van der Waals surface area contributed by atoms with Crippen molar-refractivity contribution in [1.29, 1.82) is 5.26 Å². The van der Waals surface area contributed by atoms with Crippen LogP contribution in [0.2, 0.25) is 0 Å². The lowest BCUT2D eigenvalue weighted by atomic mass is 10.5. The zero-order valence-corrected chi connectivity index (χ0v) is 7.41. The van der Waals surface area contributed by atoms with Crippen LogP contribution in [-0.4, -0.2) is 19.3 Å². The van der Waals surface area contributed by atoms with Crippen LogP contribution in [0.5, 0.6) is 0 Å². The highest BCUT2D eigenvalue weighted by Crippen LogP contribution is 1.94. The van der Waals surface area contributed by atoms with Gasteiger partial charge in [-0.15, -0.1) is 0 Å². The Morgan fingerprint density at radius 2 is 2.46 bits per heavy atom. The van der Waals surface area contributed by atoms with Gasteiger partial charge in [-0.25, -0.2) is 13.1 Å². The van der Waals surface area contributed by atoms with E-state index in [2.05, 4.69) is 14.4 Å². The first-order valence-electron chi connectivity index (χ1n) is 3.37. The fourth-order valence-corrected chi connectivity index (χ4v) is 1.29. The molecule has 7 heteroatoms. The second kappa shape index (κ2) is 4.02. The summed E-state index contributed by atoms with van der Waals surface area (Å²) >= 11 is 0. The molecule has 6 nitrogen and oxygen atoms in total. The maximum Gasteiger partial charge on any atom is 0.225 e. The van der Waals surface area contributed by atoms with Crippen LogP contribution in [0.15, 0.2) is 16.9 Å². The summed E-state index contributed by atoms with van der Waals surface area (Å²) < 4.78 is 28.5. The topological polar surface area (TPSA) is 96.0 Å². The minimum absolute atomic E-state index is 0.0422. The molecule has 13 heavy (non-hydrogen) atoms. The number of aromatic nitrogens is 1. The molecule has 0 amide bonds. The van der Waals surface area contributed by atoms with Crippen molar-refractivity contribution in [3.63, 3.8) is 0 Å². The molecular formula is C6H7N3O3S. The van der Waals surface area contributed by atoms with E-state index in [9.17, 15) is 8.42 Å². The molecule has 0 bridgehead atoms.